The Kier molecular flexibility index (Phi) is 5.55. The van der Waals surface area contributed by atoms with Crippen molar-refractivity contribution in [2.45, 2.75) is 26.3 Å². The molecule has 1 aromatic carbocycles. The van der Waals surface area contributed by atoms with E-state index in [1.54, 1.807) is 31.4 Å². The smallest absolute Gasteiger partial charge is 0.321 e. The summed E-state index contributed by atoms with van der Waals surface area (Å²) in [6.07, 6.45) is 5.91. The van der Waals surface area contributed by atoms with Crippen LogP contribution in [0.2, 0.25) is 0 Å². The van der Waals surface area contributed by atoms with Crippen LogP contribution in [0.1, 0.15) is 24.0 Å². The molecule has 1 aliphatic heterocycles. The van der Waals surface area contributed by atoms with Gasteiger partial charge >= 0.3 is 6.03 Å². The summed E-state index contributed by atoms with van der Waals surface area (Å²) in [6, 6.07) is 5.93. The zero-order chi connectivity index (χ0) is 18.5. The lowest BCUT2D eigenvalue weighted by Gasteiger charge is -2.23. The maximum atomic E-state index is 12.6. The lowest BCUT2D eigenvalue weighted by atomic mass is 10.1. The van der Waals surface area contributed by atoms with Gasteiger partial charge in [-0.2, -0.15) is 0 Å². The molecule has 0 spiro atoms. The lowest BCUT2D eigenvalue weighted by molar-refractivity contribution is 0.220. The average Bonchev–Trinajstić information content (AvgIpc) is 3.18. The highest BCUT2D eigenvalue weighted by molar-refractivity contribution is 5.91. The Morgan fingerprint density at radius 2 is 1.92 bits per heavy atom. The van der Waals surface area contributed by atoms with Gasteiger partial charge in [-0.05, 0) is 37.5 Å². The predicted octanol–water partition coefficient (Wildman–Crippen LogP) is 3.09. The van der Waals surface area contributed by atoms with Crippen molar-refractivity contribution >= 4 is 23.4 Å². The SMILES string of the molecule is CNc1ncc(CN(C)C(=O)Nc2cccc(N3CCCC3)c2C)cn1. The quantitative estimate of drug-likeness (QED) is 0.863. The van der Waals surface area contributed by atoms with E-state index in [1.165, 1.54) is 18.5 Å². The van der Waals surface area contributed by atoms with Crippen LogP contribution in [0.3, 0.4) is 0 Å². The number of carbonyl (C=O) groups excluding carboxylic acids is 1. The number of carbonyl (C=O) groups is 1. The zero-order valence-electron chi connectivity index (χ0n) is 15.6. The Hall–Kier alpha value is -2.83. The molecule has 138 valence electrons. The van der Waals surface area contributed by atoms with Crippen LogP contribution in [0.5, 0.6) is 0 Å². The number of hydrogen-bond donors (Lipinski definition) is 2. The minimum atomic E-state index is -0.149. The van der Waals surface area contributed by atoms with Crippen molar-refractivity contribution in [3.05, 3.63) is 41.7 Å². The van der Waals surface area contributed by atoms with Crippen LogP contribution in [-0.4, -0.2) is 48.1 Å². The zero-order valence-corrected chi connectivity index (χ0v) is 15.6. The van der Waals surface area contributed by atoms with Gasteiger partial charge in [-0.1, -0.05) is 6.07 Å². The number of urea groups is 1. The molecule has 0 bridgehead atoms. The first-order chi connectivity index (χ1) is 12.6. The van der Waals surface area contributed by atoms with Crippen LogP contribution >= 0.6 is 0 Å². The fourth-order valence-electron chi connectivity index (χ4n) is 3.18. The fourth-order valence-corrected chi connectivity index (χ4v) is 3.18. The van der Waals surface area contributed by atoms with E-state index >= 15 is 0 Å². The number of amides is 2. The van der Waals surface area contributed by atoms with E-state index in [1.807, 2.05) is 12.1 Å². The Morgan fingerprint density at radius 3 is 2.58 bits per heavy atom. The summed E-state index contributed by atoms with van der Waals surface area (Å²) >= 11 is 0. The molecule has 26 heavy (non-hydrogen) atoms. The Morgan fingerprint density at radius 1 is 1.23 bits per heavy atom. The van der Waals surface area contributed by atoms with Crippen molar-refractivity contribution in [3.63, 3.8) is 0 Å². The predicted molar refractivity (Wildman–Crippen MR) is 105 cm³/mol. The first-order valence-electron chi connectivity index (χ1n) is 8.94. The number of hydrogen-bond acceptors (Lipinski definition) is 5. The molecule has 2 aromatic rings. The van der Waals surface area contributed by atoms with Crippen molar-refractivity contribution in [1.82, 2.24) is 14.9 Å². The summed E-state index contributed by atoms with van der Waals surface area (Å²) in [5.41, 5.74) is 4.05. The van der Waals surface area contributed by atoms with Gasteiger partial charge in [0.2, 0.25) is 5.95 Å². The van der Waals surface area contributed by atoms with E-state index in [0.717, 1.165) is 29.9 Å². The van der Waals surface area contributed by atoms with Crippen LogP contribution in [-0.2, 0) is 6.54 Å². The van der Waals surface area contributed by atoms with Gasteiger partial charge in [-0.25, -0.2) is 14.8 Å². The molecule has 0 atom stereocenters. The van der Waals surface area contributed by atoms with E-state index in [-0.39, 0.29) is 6.03 Å². The molecule has 1 aromatic heterocycles. The minimum absolute atomic E-state index is 0.149. The number of benzene rings is 1. The topological polar surface area (TPSA) is 73.4 Å². The maximum Gasteiger partial charge on any atom is 0.321 e. The normalized spacial score (nSPS) is 13.6. The molecule has 0 saturated carbocycles. The molecule has 7 nitrogen and oxygen atoms in total. The van der Waals surface area contributed by atoms with Gasteiger partial charge in [-0.15, -0.1) is 0 Å². The minimum Gasteiger partial charge on any atom is -0.371 e. The van der Waals surface area contributed by atoms with Gasteiger partial charge in [-0.3, -0.25) is 0 Å². The summed E-state index contributed by atoms with van der Waals surface area (Å²) in [4.78, 5) is 24.9. The van der Waals surface area contributed by atoms with E-state index in [4.69, 9.17) is 0 Å². The molecular weight excluding hydrogens is 328 g/mol. The highest BCUT2D eigenvalue weighted by Gasteiger charge is 2.17. The maximum absolute atomic E-state index is 12.6. The van der Waals surface area contributed by atoms with Crippen molar-refractivity contribution in [2.75, 3.05) is 42.7 Å². The molecule has 2 heterocycles. The highest BCUT2D eigenvalue weighted by Crippen LogP contribution is 2.29. The molecule has 7 heteroatoms. The van der Waals surface area contributed by atoms with Crippen LogP contribution in [0, 0.1) is 6.92 Å². The average molecular weight is 354 g/mol. The standard InChI is InChI=1S/C19H26N6O/c1-14-16(7-6-8-17(14)25-9-4-5-10-25)23-19(26)24(3)13-15-11-21-18(20-2)22-12-15/h6-8,11-12H,4-5,9-10,13H2,1-3H3,(H,23,26)(H,20,21,22). The number of aromatic nitrogens is 2. The Balaban J connectivity index is 1.65. The van der Waals surface area contributed by atoms with Gasteiger partial charge in [0, 0.05) is 56.5 Å². The molecule has 2 amide bonds. The molecule has 0 unspecified atom stereocenters. The molecule has 3 rings (SSSR count). The first-order valence-corrected chi connectivity index (χ1v) is 8.94. The molecule has 1 fully saturated rings. The summed E-state index contributed by atoms with van der Waals surface area (Å²) in [7, 11) is 3.54. The van der Waals surface area contributed by atoms with E-state index in [2.05, 4.69) is 38.5 Å². The number of nitrogens with zero attached hydrogens (tertiary/aromatic N) is 4. The Labute approximate surface area is 154 Å². The summed E-state index contributed by atoms with van der Waals surface area (Å²) in [5, 5.41) is 5.90. The van der Waals surface area contributed by atoms with Crippen molar-refractivity contribution in [2.24, 2.45) is 0 Å². The molecular formula is C19H26N6O. The van der Waals surface area contributed by atoms with Crippen LogP contribution in [0.15, 0.2) is 30.6 Å². The van der Waals surface area contributed by atoms with E-state index in [0.29, 0.717) is 12.5 Å². The summed E-state index contributed by atoms with van der Waals surface area (Å²) in [5.74, 6) is 0.565. The van der Waals surface area contributed by atoms with Gasteiger partial charge in [0.05, 0.1) is 6.54 Å². The molecule has 0 aliphatic carbocycles. The first kappa shape index (κ1) is 18.0. The van der Waals surface area contributed by atoms with Crippen LogP contribution in [0.4, 0.5) is 22.1 Å². The second kappa shape index (κ2) is 8.03. The van der Waals surface area contributed by atoms with Gasteiger partial charge < -0.3 is 20.4 Å². The summed E-state index contributed by atoms with van der Waals surface area (Å²) in [6.45, 7) is 4.68. The van der Waals surface area contributed by atoms with Crippen molar-refractivity contribution in [1.29, 1.82) is 0 Å². The lowest BCUT2D eigenvalue weighted by Crippen LogP contribution is -2.31. The van der Waals surface area contributed by atoms with Crippen LogP contribution < -0.4 is 15.5 Å². The third-order valence-electron chi connectivity index (χ3n) is 4.69. The second-order valence-electron chi connectivity index (χ2n) is 6.59. The third kappa shape index (κ3) is 4.04. The number of anilines is 3. The van der Waals surface area contributed by atoms with E-state index in [9.17, 15) is 4.79 Å². The second-order valence-corrected chi connectivity index (χ2v) is 6.59. The fraction of sp³-hybridized carbons (Fsp3) is 0.421. The number of rotatable bonds is 5. The summed E-state index contributed by atoms with van der Waals surface area (Å²) < 4.78 is 0. The largest absolute Gasteiger partial charge is 0.371 e. The van der Waals surface area contributed by atoms with Crippen molar-refractivity contribution in [3.8, 4) is 0 Å². The van der Waals surface area contributed by atoms with Gasteiger partial charge in [0.15, 0.2) is 0 Å². The monoisotopic (exact) mass is 354 g/mol. The third-order valence-corrected chi connectivity index (χ3v) is 4.69. The van der Waals surface area contributed by atoms with Gasteiger partial charge in [0.25, 0.3) is 0 Å². The number of nitrogens with one attached hydrogen (secondary N) is 2. The van der Waals surface area contributed by atoms with Crippen molar-refractivity contribution < 1.29 is 4.79 Å². The molecule has 0 radical (unpaired) electrons. The molecule has 1 saturated heterocycles. The van der Waals surface area contributed by atoms with Crippen LogP contribution in [0.25, 0.3) is 0 Å². The van der Waals surface area contributed by atoms with E-state index < -0.39 is 0 Å². The van der Waals surface area contributed by atoms with Gasteiger partial charge in [0.1, 0.15) is 0 Å². The highest BCUT2D eigenvalue weighted by atomic mass is 16.2. The Bertz CT molecular complexity index is 755. The molecule has 2 N–H and O–H groups in total. The molecule has 1 aliphatic rings.